The van der Waals surface area contributed by atoms with E-state index in [-0.39, 0.29) is 11.6 Å². The van der Waals surface area contributed by atoms with Gasteiger partial charge in [-0.2, -0.15) is 0 Å². The Morgan fingerprint density at radius 2 is 2.04 bits per heavy atom. The van der Waals surface area contributed by atoms with Gasteiger partial charge >= 0.3 is 0 Å². The molecular formula is C18H16N4O3. The van der Waals surface area contributed by atoms with Crippen LogP contribution < -0.4 is 5.32 Å². The number of aryl methyl sites for hydroxylation is 1. The molecule has 1 aromatic carbocycles. The molecule has 0 unspecified atom stereocenters. The van der Waals surface area contributed by atoms with Crippen LogP contribution in [0.3, 0.4) is 0 Å². The molecule has 1 N–H and O–H groups in total. The van der Waals surface area contributed by atoms with Gasteiger partial charge in [0.25, 0.3) is 5.69 Å². The van der Waals surface area contributed by atoms with Crippen LogP contribution in [0.15, 0.2) is 54.7 Å². The number of carbonyl (C=O) groups excluding carboxylic acids is 1. The number of fused-ring (bicyclic) bond motifs is 1. The first-order chi connectivity index (χ1) is 12.0. The van der Waals surface area contributed by atoms with E-state index < -0.39 is 4.92 Å². The molecule has 0 aliphatic heterocycles. The Bertz CT molecular complexity index is 958. The number of nitrogens with one attached hydrogen (secondary N) is 1. The fourth-order valence-corrected chi connectivity index (χ4v) is 2.40. The third-order valence-corrected chi connectivity index (χ3v) is 3.72. The summed E-state index contributed by atoms with van der Waals surface area (Å²) in [6.45, 7) is 2.31. The summed E-state index contributed by atoms with van der Waals surface area (Å²) in [4.78, 5) is 26.5. The maximum absolute atomic E-state index is 11.9. The summed E-state index contributed by atoms with van der Waals surface area (Å²) >= 11 is 0. The van der Waals surface area contributed by atoms with E-state index in [1.54, 1.807) is 18.2 Å². The minimum atomic E-state index is -0.462. The summed E-state index contributed by atoms with van der Waals surface area (Å²) < 4.78 is 1.97. The fourth-order valence-electron chi connectivity index (χ4n) is 2.40. The third-order valence-electron chi connectivity index (χ3n) is 3.72. The van der Waals surface area contributed by atoms with Gasteiger partial charge in [-0.1, -0.05) is 6.07 Å². The maximum Gasteiger partial charge on any atom is 0.269 e. The Morgan fingerprint density at radius 3 is 2.72 bits per heavy atom. The van der Waals surface area contributed by atoms with Crippen LogP contribution in [0, 0.1) is 17.0 Å². The molecule has 7 heteroatoms. The minimum Gasteiger partial charge on any atom is -0.347 e. The molecule has 2 heterocycles. The maximum atomic E-state index is 11.9. The minimum absolute atomic E-state index is 0.0174. The number of nitrogens with zero attached hydrogens (tertiary/aromatic N) is 3. The number of aromatic nitrogens is 2. The number of rotatable bonds is 5. The lowest BCUT2D eigenvalue weighted by molar-refractivity contribution is -0.384. The molecule has 0 spiro atoms. The van der Waals surface area contributed by atoms with Crippen molar-refractivity contribution in [3.8, 4) is 0 Å². The molecule has 25 heavy (non-hydrogen) atoms. The number of hydrogen-bond acceptors (Lipinski definition) is 4. The molecule has 0 atom stereocenters. The summed E-state index contributed by atoms with van der Waals surface area (Å²) in [7, 11) is 0. The van der Waals surface area contributed by atoms with Crippen molar-refractivity contribution >= 4 is 23.3 Å². The van der Waals surface area contributed by atoms with E-state index >= 15 is 0 Å². The Balaban J connectivity index is 1.60. The van der Waals surface area contributed by atoms with E-state index in [0.717, 1.165) is 17.0 Å². The second-order valence-electron chi connectivity index (χ2n) is 5.53. The molecule has 0 saturated heterocycles. The molecule has 0 aliphatic rings. The molecule has 3 rings (SSSR count). The zero-order valence-corrected chi connectivity index (χ0v) is 13.5. The first kappa shape index (κ1) is 16.4. The Kier molecular flexibility index (Phi) is 4.56. The molecule has 0 aliphatic carbocycles. The van der Waals surface area contributed by atoms with Gasteiger partial charge in [-0.05, 0) is 42.8 Å². The predicted molar refractivity (Wildman–Crippen MR) is 93.9 cm³/mol. The lowest BCUT2D eigenvalue weighted by atomic mass is 10.2. The van der Waals surface area contributed by atoms with E-state index in [1.165, 1.54) is 18.2 Å². The Hall–Kier alpha value is -3.48. The van der Waals surface area contributed by atoms with Gasteiger partial charge < -0.3 is 9.72 Å². The highest BCUT2D eigenvalue weighted by Gasteiger charge is 2.05. The fraction of sp³-hybridized carbons (Fsp3) is 0.111. The van der Waals surface area contributed by atoms with Crippen molar-refractivity contribution in [1.29, 1.82) is 0 Å². The number of benzene rings is 1. The van der Waals surface area contributed by atoms with E-state index in [0.29, 0.717) is 12.1 Å². The summed E-state index contributed by atoms with van der Waals surface area (Å²) in [5, 5.41) is 13.4. The highest BCUT2D eigenvalue weighted by atomic mass is 16.6. The van der Waals surface area contributed by atoms with Gasteiger partial charge in [-0.25, -0.2) is 4.98 Å². The molecule has 0 saturated carbocycles. The van der Waals surface area contributed by atoms with Crippen molar-refractivity contribution in [2.45, 2.75) is 13.5 Å². The van der Waals surface area contributed by atoms with E-state index in [4.69, 9.17) is 0 Å². The van der Waals surface area contributed by atoms with Gasteiger partial charge in [0.05, 0.1) is 17.2 Å². The monoisotopic (exact) mass is 336 g/mol. The third kappa shape index (κ3) is 3.89. The van der Waals surface area contributed by atoms with E-state index in [1.807, 2.05) is 35.7 Å². The summed E-state index contributed by atoms with van der Waals surface area (Å²) in [5.41, 5.74) is 3.41. The molecule has 1 amide bonds. The van der Waals surface area contributed by atoms with Crippen LogP contribution in [0.25, 0.3) is 11.7 Å². The van der Waals surface area contributed by atoms with Crippen molar-refractivity contribution in [1.82, 2.24) is 14.7 Å². The normalized spacial score (nSPS) is 11.1. The SMILES string of the molecule is Cc1cccc2nc(CNC(=O)/C=C/c3ccc([N+](=O)[O-])cc3)cn12. The number of imidazole rings is 1. The van der Waals surface area contributed by atoms with Crippen LogP contribution in [0.4, 0.5) is 5.69 Å². The molecular weight excluding hydrogens is 320 g/mol. The number of non-ortho nitro benzene ring substituents is 1. The number of carbonyl (C=O) groups is 1. The summed E-state index contributed by atoms with van der Waals surface area (Å²) in [5.74, 6) is -0.257. The van der Waals surface area contributed by atoms with Crippen molar-refractivity contribution in [2.75, 3.05) is 0 Å². The van der Waals surface area contributed by atoms with Gasteiger partial charge in [0.2, 0.25) is 5.91 Å². The highest BCUT2D eigenvalue weighted by Crippen LogP contribution is 2.13. The van der Waals surface area contributed by atoms with Gasteiger partial charge in [-0.15, -0.1) is 0 Å². The van der Waals surface area contributed by atoms with Crippen LogP contribution in [0.5, 0.6) is 0 Å². The molecule has 0 bridgehead atoms. The van der Waals surface area contributed by atoms with Crippen molar-refractivity contribution < 1.29 is 9.72 Å². The lowest BCUT2D eigenvalue weighted by Crippen LogP contribution is -2.20. The van der Waals surface area contributed by atoms with Crippen molar-refractivity contribution in [3.05, 3.63) is 81.8 Å². The number of hydrogen-bond donors (Lipinski definition) is 1. The van der Waals surface area contributed by atoms with Gasteiger partial charge in [-0.3, -0.25) is 14.9 Å². The van der Waals surface area contributed by atoms with Crippen LogP contribution in [-0.2, 0) is 11.3 Å². The second kappa shape index (κ2) is 6.96. The first-order valence-corrected chi connectivity index (χ1v) is 7.67. The van der Waals surface area contributed by atoms with Crippen molar-refractivity contribution in [2.24, 2.45) is 0 Å². The average Bonchev–Trinajstić information content (AvgIpc) is 3.03. The van der Waals surface area contributed by atoms with Gasteiger partial charge in [0, 0.05) is 30.1 Å². The van der Waals surface area contributed by atoms with Crippen LogP contribution >= 0.6 is 0 Å². The van der Waals surface area contributed by atoms with Crippen LogP contribution in [0.1, 0.15) is 17.0 Å². The smallest absolute Gasteiger partial charge is 0.269 e. The molecule has 7 nitrogen and oxygen atoms in total. The number of amides is 1. The number of nitro benzene ring substituents is 1. The molecule has 126 valence electrons. The summed E-state index contributed by atoms with van der Waals surface area (Å²) in [6.07, 6.45) is 4.89. The summed E-state index contributed by atoms with van der Waals surface area (Å²) in [6, 6.07) is 11.8. The van der Waals surface area contributed by atoms with Gasteiger partial charge in [0.15, 0.2) is 0 Å². The molecule has 0 radical (unpaired) electrons. The quantitative estimate of drug-likeness (QED) is 0.441. The Labute approximate surface area is 143 Å². The lowest BCUT2D eigenvalue weighted by Gasteiger charge is -1.98. The second-order valence-corrected chi connectivity index (χ2v) is 5.53. The van der Waals surface area contributed by atoms with Crippen LogP contribution in [0.2, 0.25) is 0 Å². The number of pyridine rings is 1. The van der Waals surface area contributed by atoms with Crippen molar-refractivity contribution in [3.63, 3.8) is 0 Å². The average molecular weight is 336 g/mol. The van der Waals surface area contributed by atoms with E-state index in [2.05, 4.69) is 10.3 Å². The zero-order valence-electron chi connectivity index (χ0n) is 13.5. The number of nitro groups is 1. The molecule has 0 fully saturated rings. The molecule has 2 aromatic heterocycles. The standard InChI is InChI=1S/C18H16N4O3/c1-13-3-2-4-17-20-15(12-21(13)17)11-19-18(23)10-7-14-5-8-16(9-6-14)22(24)25/h2-10,12H,11H2,1H3,(H,19,23)/b10-7+. The van der Waals surface area contributed by atoms with E-state index in [9.17, 15) is 14.9 Å². The highest BCUT2D eigenvalue weighted by molar-refractivity contribution is 5.91. The Morgan fingerprint density at radius 1 is 1.28 bits per heavy atom. The largest absolute Gasteiger partial charge is 0.347 e. The first-order valence-electron chi connectivity index (χ1n) is 7.67. The van der Waals surface area contributed by atoms with Gasteiger partial charge in [0.1, 0.15) is 5.65 Å². The zero-order chi connectivity index (χ0) is 17.8. The topological polar surface area (TPSA) is 89.5 Å². The van der Waals surface area contributed by atoms with Crippen LogP contribution in [-0.4, -0.2) is 20.2 Å². The predicted octanol–water partition coefficient (Wildman–Crippen LogP) is 2.88. The molecule has 3 aromatic rings.